The van der Waals surface area contributed by atoms with Gasteiger partial charge in [0.2, 0.25) is 0 Å². The van der Waals surface area contributed by atoms with Gasteiger partial charge in [-0.2, -0.15) is 0 Å². The van der Waals surface area contributed by atoms with E-state index >= 15 is 0 Å². The lowest BCUT2D eigenvalue weighted by Gasteiger charge is -2.18. The Hall–Kier alpha value is -1.11. The van der Waals surface area contributed by atoms with Crippen LogP contribution < -0.4 is 0 Å². The summed E-state index contributed by atoms with van der Waals surface area (Å²) in [6.07, 6.45) is 0.871. The Morgan fingerprint density at radius 1 is 1.22 bits per heavy atom. The molecule has 0 saturated heterocycles. The van der Waals surface area contributed by atoms with Crippen LogP contribution in [0.3, 0.4) is 0 Å². The second-order valence-corrected chi connectivity index (χ2v) is 2.31. The van der Waals surface area contributed by atoms with Crippen molar-refractivity contribution in [2.24, 2.45) is 0 Å². The fourth-order valence-electron chi connectivity index (χ4n) is 1.15. The average Bonchev–Trinajstić information content (AvgIpc) is 1.86. The number of rotatable bonds is 0. The summed E-state index contributed by atoms with van der Waals surface area (Å²) in [5, 5.41) is 7.31. The molecule has 0 bridgehead atoms. The molecule has 1 aromatic carbocycles. The molecule has 1 heteroatoms. The minimum Gasteiger partial charge on any atom is -0.304 e. The Kier molecular flexibility index (Phi) is 0.758. The van der Waals surface area contributed by atoms with Crippen LogP contribution in [0.15, 0.2) is 24.3 Å². The molecule has 1 N–H and O–H groups in total. The quantitative estimate of drug-likeness (QED) is 0.533. The first-order chi connectivity index (χ1) is 4.38. The summed E-state index contributed by atoms with van der Waals surface area (Å²) in [4.78, 5) is 0. The molecule has 0 aliphatic heterocycles. The van der Waals surface area contributed by atoms with Crippen molar-refractivity contribution in [2.45, 2.75) is 6.42 Å². The molecule has 1 aromatic rings. The minimum atomic E-state index is 0.783. The molecule has 0 amide bonds. The molecule has 0 aromatic heterocycles. The summed E-state index contributed by atoms with van der Waals surface area (Å²) in [6.45, 7) is 0. The predicted molar refractivity (Wildman–Crippen MR) is 37.0 cm³/mol. The van der Waals surface area contributed by atoms with Gasteiger partial charge in [0.25, 0.3) is 0 Å². The highest BCUT2D eigenvalue weighted by molar-refractivity contribution is 6.08. The van der Waals surface area contributed by atoms with Crippen molar-refractivity contribution in [3.05, 3.63) is 35.4 Å². The highest BCUT2D eigenvalue weighted by Crippen LogP contribution is 2.20. The van der Waals surface area contributed by atoms with Crippen molar-refractivity contribution in [2.75, 3.05) is 0 Å². The molecular weight excluding hydrogens is 110 g/mol. The molecule has 1 nitrogen and oxygen atoms in total. The second-order valence-electron chi connectivity index (χ2n) is 2.31. The van der Waals surface area contributed by atoms with Crippen LogP contribution in [0, 0.1) is 5.41 Å². The van der Waals surface area contributed by atoms with Gasteiger partial charge in [-0.1, -0.05) is 24.3 Å². The zero-order chi connectivity index (χ0) is 6.27. The van der Waals surface area contributed by atoms with Gasteiger partial charge in [-0.25, -0.2) is 0 Å². The van der Waals surface area contributed by atoms with E-state index < -0.39 is 0 Å². The van der Waals surface area contributed by atoms with Crippen LogP contribution >= 0.6 is 0 Å². The first-order valence-corrected chi connectivity index (χ1v) is 3.03. The maximum Gasteiger partial charge on any atom is 0.0433 e. The van der Waals surface area contributed by atoms with E-state index in [0.717, 1.165) is 17.7 Å². The van der Waals surface area contributed by atoms with Gasteiger partial charge < -0.3 is 5.41 Å². The van der Waals surface area contributed by atoms with E-state index in [4.69, 9.17) is 5.41 Å². The summed E-state index contributed by atoms with van der Waals surface area (Å²) in [5.74, 6) is 0. The van der Waals surface area contributed by atoms with E-state index in [-0.39, 0.29) is 0 Å². The summed E-state index contributed by atoms with van der Waals surface area (Å²) in [6, 6.07) is 8.08. The van der Waals surface area contributed by atoms with E-state index in [0.29, 0.717) is 0 Å². The number of nitrogens with one attached hydrogen (secondary N) is 1. The molecule has 9 heavy (non-hydrogen) atoms. The van der Waals surface area contributed by atoms with E-state index in [1.165, 1.54) is 5.56 Å². The van der Waals surface area contributed by atoms with Crippen molar-refractivity contribution in [3.8, 4) is 0 Å². The van der Waals surface area contributed by atoms with Crippen LogP contribution in [0.4, 0.5) is 0 Å². The van der Waals surface area contributed by atoms with Gasteiger partial charge in [-0.15, -0.1) is 0 Å². The van der Waals surface area contributed by atoms with Crippen LogP contribution in [0.1, 0.15) is 11.1 Å². The van der Waals surface area contributed by atoms with Gasteiger partial charge in [0, 0.05) is 12.1 Å². The summed E-state index contributed by atoms with van der Waals surface area (Å²) >= 11 is 0. The smallest absolute Gasteiger partial charge is 0.0433 e. The van der Waals surface area contributed by atoms with Gasteiger partial charge >= 0.3 is 0 Å². The predicted octanol–water partition coefficient (Wildman–Crippen LogP) is 1.61. The standard InChI is InChI=1S/C8H7N/c9-8-5-6-3-1-2-4-7(6)8/h1-4,9H,5H2. The van der Waals surface area contributed by atoms with Gasteiger partial charge in [0.15, 0.2) is 0 Å². The van der Waals surface area contributed by atoms with Crippen LogP contribution in [0.25, 0.3) is 0 Å². The Morgan fingerprint density at radius 3 is 2.56 bits per heavy atom. The van der Waals surface area contributed by atoms with Crippen LogP contribution in [-0.4, -0.2) is 5.71 Å². The monoisotopic (exact) mass is 117 g/mol. The summed E-state index contributed by atoms with van der Waals surface area (Å²) in [7, 11) is 0. The normalized spacial score (nSPS) is 14.4. The zero-order valence-electron chi connectivity index (χ0n) is 5.02. The fourth-order valence-corrected chi connectivity index (χ4v) is 1.15. The van der Waals surface area contributed by atoms with Crippen molar-refractivity contribution in [1.82, 2.24) is 0 Å². The van der Waals surface area contributed by atoms with E-state index in [1.807, 2.05) is 18.2 Å². The van der Waals surface area contributed by atoms with Crippen molar-refractivity contribution < 1.29 is 0 Å². The SMILES string of the molecule is N=C1Cc2ccccc21. The van der Waals surface area contributed by atoms with E-state index in [1.54, 1.807) is 0 Å². The average molecular weight is 117 g/mol. The molecule has 0 heterocycles. The number of hydrogen-bond donors (Lipinski definition) is 1. The Labute approximate surface area is 53.8 Å². The topological polar surface area (TPSA) is 23.9 Å². The maximum absolute atomic E-state index is 7.31. The van der Waals surface area contributed by atoms with Gasteiger partial charge in [-0.05, 0) is 11.1 Å². The largest absolute Gasteiger partial charge is 0.304 e. The van der Waals surface area contributed by atoms with Crippen molar-refractivity contribution in [1.29, 1.82) is 5.41 Å². The molecule has 0 atom stereocenters. The molecule has 0 spiro atoms. The maximum atomic E-state index is 7.31. The Balaban J connectivity index is 2.63. The van der Waals surface area contributed by atoms with Crippen LogP contribution in [-0.2, 0) is 6.42 Å². The first kappa shape index (κ1) is 4.74. The molecule has 0 unspecified atom stereocenters. The molecule has 0 fully saturated rings. The van der Waals surface area contributed by atoms with Crippen molar-refractivity contribution in [3.63, 3.8) is 0 Å². The second kappa shape index (κ2) is 1.44. The fraction of sp³-hybridized carbons (Fsp3) is 0.125. The van der Waals surface area contributed by atoms with Crippen LogP contribution in [0.2, 0.25) is 0 Å². The third-order valence-electron chi connectivity index (χ3n) is 1.71. The van der Waals surface area contributed by atoms with Gasteiger partial charge in [-0.3, -0.25) is 0 Å². The zero-order valence-corrected chi connectivity index (χ0v) is 5.02. The lowest BCUT2D eigenvalue weighted by molar-refractivity contribution is 1.18. The minimum absolute atomic E-state index is 0.783. The highest BCUT2D eigenvalue weighted by atomic mass is 14.5. The number of hydrogen-bond acceptors (Lipinski definition) is 1. The Bertz CT molecular complexity index is 263. The first-order valence-electron chi connectivity index (χ1n) is 3.03. The molecule has 1 aliphatic rings. The molecule has 1 aliphatic carbocycles. The molecule has 2 rings (SSSR count). The van der Waals surface area contributed by atoms with Gasteiger partial charge in [0.1, 0.15) is 0 Å². The van der Waals surface area contributed by atoms with E-state index in [2.05, 4.69) is 6.07 Å². The van der Waals surface area contributed by atoms with Gasteiger partial charge in [0.05, 0.1) is 0 Å². The number of fused-ring (bicyclic) bond motifs is 1. The molecule has 0 radical (unpaired) electrons. The Morgan fingerprint density at radius 2 is 2.00 bits per heavy atom. The molecule has 44 valence electrons. The lowest BCUT2D eigenvalue weighted by Crippen LogP contribution is -2.17. The van der Waals surface area contributed by atoms with Crippen molar-refractivity contribution >= 4 is 5.71 Å². The molecule has 0 saturated carbocycles. The highest BCUT2D eigenvalue weighted by Gasteiger charge is 2.16. The summed E-state index contributed by atoms with van der Waals surface area (Å²) < 4.78 is 0. The van der Waals surface area contributed by atoms with Crippen LogP contribution in [0.5, 0.6) is 0 Å². The van der Waals surface area contributed by atoms with E-state index in [9.17, 15) is 0 Å². The third kappa shape index (κ3) is 0.515. The third-order valence-corrected chi connectivity index (χ3v) is 1.71. The molecular formula is C8H7N. The lowest BCUT2D eigenvalue weighted by atomic mass is 9.87. The summed E-state index contributed by atoms with van der Waals surface area (Å²) in [5.41, 5.74) is 3.24. The number of benzene rings is 1.